The number of nitrogens with zero attached hydrogens (tertiary/aromatic N) is 3. The quantitative estimate of drug-likeness (QED) is 0.783. The van der Waals surface area contributed by atoms with Gasteiger partial charge in [0.05, 0.1) is 12.1 Å². The molecule has 19 heavy (non-hydrogen) atoms. The highest BCUT2D eigenvalue weighted by Gasteiger charge is 2.21. The van der Waals surface area contributed by atoms with Gasteiger partial charge in [0.2, 0.25) is 0 Å². The Morgan fingerprint density at radius 1 is 1.32 bits per heavy atom. The van der Waals surface area contributed by atoms with Gasteiger partial charge in [-0.05, 0) is 19.2 Å². The number of pyridine rings is 1. The first-order chi connectivity index (χ1) is 9.08. The van der Waals surface area contributed by atoms with E-state index >= 15 is 0 Å². The molecule has 1 N–H and O–H groups in total. The van der Waals surface area contributed by atoms with Crippen LogP contribution in [0, 0.1) is 0 Å². The lowest BCUT2D eigenvalue weighted by molar-refractivity contribution is 0.0682. The third-order valence-corrected chi connectivity index (χ3v) is 3.27. The van der Waals surface area contributed by atoms with Gasteiger partial charge in [-0.3, -0.25) is 9.69 Å². The highest BCUT2D eigenvalue weighted by molar-refractivity contribution is 6.05. The lowest BCUT2D eigenvalue weighted by atomic mass is 10.1. The lowest BCUT2D eigenvalue weighted by Crippen LogP contribution is -2.46. The summed E-state index contributed by atoms with van der Waals surface area (Å²) in [7, 11) is 2.04. The summed E-state index contributed by atoms with van der Waals surface area (Å²) in [5, 5.41) is 9.02. The van der Waals surface area contributed by atoms with Gasteiger partial charge in [0.1, 0.15) is 0 Å². The van der Waals surface area contributed by atoms with Crippen molar-refractivity contribution in [3.63, 3.8) is 0 Å². The van der Waals surface area contributed by atoms with E-state index in [1.54, 1.807) is 6.07 Å². The lowest BCUT2D eigenvalue weighted by Gasteiger charge is -2.31. The van der Waals surface area contributed by atoms with Gasteiger partial charge < -0.3 is 10.0 Å². The van der Waals surface area contributed by atoms with Crippen molar-refractivity contribution >= 4 is 11.8 Å². The molecule has 102 valence electrons. The SMILES string of the molecule is CN1CCN(CC(=O)c2cccnc2C(=O)O)CC1. The fourth-order valence-electron chi connectivity index (χ4n) is 2.09. The van der Waals surface area contributed by atoms with E-state index in [2.05, 4.69) is 9.88 Å². The van der Waals surface area contributed by atoms with Crippen molar-refractivity contribution in [1.82, 2.24) is 14.8 Å². The van der Waals surface area contributed by atoms with Crippen molar-refractivity contribution in [2.75, 3.05) is 39.8 Å². The zero-order chi connectivity index (χ0) is 13.8. The Balaban J connectivity index is 2.06. The van der Waals surface area contributed by atoms with Crippen LogP contribution in [0.4, 0.5) is 0 Å². The number of likely N-dealkylation sites (N-methyl/N-ethyl adjacent to an activating group) is 1. The van der Waals surface area contributed by atoms with E-state index in [1.807, 2.05) is 11.9 Å². The zero-order valence-corrected chi connectivity index (χ0v) is 10.9. The van der Waals surface area contributed by atoms with E-state index in [9.17, 15) is 9.59 Å². The van der Waals surface area contributed by atoms with Crippen LogP contribution < -0.4 is 0 Å². The average molecular weight is 263 g/mol. The molecule has 0 amide bonds. The second-order valence-electron chi connectivity index (χ2n) is 4.71. The maximum atomic E-state index is 12.2. The molecule has 0 aliphatic carbocycles. The van der Waals surface area contributed by atoms with E-state index in [1.165, 1.54) is 12.3 Å². The molecule has 0 bridgehead atoms. The minimum atomic E-state index is -1.16. The normalized spacial score (nSPS) is 17.3. The molecule has 0 aromatic carbocycles. The molecular formula is C13H17N3O3. The summed E-state index contributed by atoms with van der Waals surface area (Å²) in [5.41, 5.74) is 0.0237. The molecule has 6 nitrogen and oxygen atoms in total. The highest BCUT2D eigenvalue weighted by Crippen LogP contribution is 2.09. The van der Waals surface area contributed by atoms with Gasteiger partial charge in [0, 0.05) is 32.4 Å². The molecule has 1 fully saturated rings. The summed E-state index contributed by atoms with van der Waals surface area (Å²) < 4.78 is 0. The molecule has 0 unspecified atom stereocenters. The first-order valence-corrected chi connectivity index (χ1v) is 6.20. The summed E-state index contributed by atoms with van der Waals surface area (Å²) in [5.74, 6) is -1.35. The number of Topliss-reactive ketones (excluding diaryl/α,β-unsaturated/α-hetero) is 1. The van der Waals surface area contributed by atoms with Gasteiger partial charge in [-0.25, -0.2) is 9.78 Å². The molecule has 1 saturated heterocycles. The molecule has 2 rings (SSSR count). The van der Waals surface area contributed by atoms with Crippen LogP contribution in [0.15, 0.2) is 18.3 Å². The van der Waals surface area contributed by atoms with Gasteiger partial charge in [-0.2, -0.15) is 0 Å². The van der Waals surface area contributed by atoms with Crippen molar-refractivity contribution in [1.29, 1.82) is 0 Å². The van der Waals surface area contributed by atoms with Crippen molar-refractivity contribution in [3.8, 4) is 0 Å². The molecule has 1 aromatic rings. The van der Waals surface area contributed by atoms with Gasteiger partial charge in [0.15, 0.2) is 11.5 Å². The molecule has 1 aromatic heterocycles. The molecule has 1 aliphatic heterocycles. The fraction of sp³-hybridized carbons (Fsp3) is 0.462. The first kappa shape index (κ1) is 13.6. The maximum absolute atomic E-state index is 12.2. The summed E-state index contributed by atoms with van der Waals surface area (Å²) in [6.07, 6.45) is 1.39. The van der Waals surface area contributed by atoms with Gasteiger partial charge in [-0.15, -0.1) is 0 Å². The predicted octanol–water partition coefficient (Wildman–Crippen LogP) is 0.210. The van der Waals surface area contributed by atoms with Gasteiger partial charge in [0.25, 0.3) is 0 Å². The van der Waals surface area contributed by atoms with Crippen LogP contribution in [-0.2, 0) is 0 Å². The van der Waals surface area contributed by atoms with Crippen molar-refractivity contribution < 1.29 is 14.7 Å². The maximum Gasteiger partial charge on any atom is 0.355 e. The number of rotatable bonds is 4. The monoisotopic (exact) mass is 263 g/mol. The Bertz CT molecular complexity index is 482. The van der Waals surface area contributed by atoms with Crippen LogP contribution in [0.1, 0.15) is 20.8 Å². The summed E-state index contributed by atoms with van der Waals surface area (Å²) in [6, 6.07) is 3.11. The van der Waals surface area contributed by atoms with Crippen molar-refractivity contribution in [2.45, 2.75) is 0 Å². The van der Waals surface area contributed by atoms with E-state index in [-0.39, 0.29) is 23.6 Å². The molecule has 2 heterocycles. The number of carboxylic acid groups (broad SMARTS) is 1. The number of hydrogen-bond donors (Lipinski definition) is 1. The van der Waals surface area contributed by atoms with E-state index in [0.29, 0.717) is 0 Å². The number of carbonyl (C=O) groups excluding carboxylic acids is 1. The Morgan fingerprint density at radius 2 is 2.00 bits per heavy atom. The molecule has 0 spiro atoms. The Kier molecular flexibility index (Phi) is 4.24. The van der Waals surface area contributed by atoms with Crippen LogP contribution >= 0.6 is 0 Å². The summed E-state index contributed by atoms with van der Waals surface area (Å²) in [6.45, 7) is 3.74. The number of aromatic carboxylic acids is 1. The fourth-order valence-corrected chi connectivity index (χ4v) is 2.09. The standard InChI is InChI=1S/C13H17N3O3/c1-15-5-7-16(8-6-15)9-11(17)10-3-2-4-14-12(10)13(18)19/h2-4H,5-9H2,1H3,(H,18,19). The second-order valence-corrected chi connectivity index (χ2v) is 4.71. The largest absolute Gasteiger partial charge is 0.476 e. The second kappa shape index (κ2) is 5.90. The molecule has 0 saturated carbocycles. The Labute approximate surface area is 111 Å². The number of carbonyl (C=O) groups is 2. The number of piperazine rings is 1. The molecule has 0 atom stereocenters. The third-order valence-electron chi connectivity index (χ3n) is 3.27. The molecule has 1 aliphatic rings. The molecular weight excluding hydrogens is 246 g/mol. The van der Waals surface area contributed by atoms with Crippen molar-refractivity contribution in [3.05, 3.63) is 29.6 Å². The number of carboxylic acids is 1. The average Bonchev–Trinajstić information content (AvgIpc) is 2.41. The van der Waals surface area contributed by atoms with Crippen LogP contribution in [0.2, 0.25) is 0 Å². The van der Waals surface area contributed by atoms with Crippen LogP contribution in [-0.4, -0.2) is 71.4 Å². The summed E-state index contributed by atoms with van der Waals surface area (Å²) >= 11 is 0. The van der Waals surface area contributed by atoms with Gasteiger partial charge in [-0.1, -0.05) is 0 Å². The predicted molar refractivity (Wildman–Crippen MR) is 69.5 cm³/mol. The van der Waals surface area contributed by atoms with Crippen LogP contribution in [0.25, 0.3) is 0 Å². The number of ketones is 1. The minimum absolute atomic E-state index is 0.165. The van der Waals surface area contributed by atoms with E-state index < -0.39 is 5.97 Å². The minimum Gasteiger partial charge on any atom is -0.476 e. The Hall–Kier alpha value is -1.79. The Morgan fingerprint density at radius 3 is 2.63 bits per heavy atom. The van der Waals surface area contributed by atoms with Gasteiger partial charge >= 0.3 is 5.97 Å². The van der Waals surface area contributed by atoms with E-state index in [4.69, 9.17) is 5.11 Å². The summed E-state index contributed by atoms with van der Waals surface area (Å²) in [4.78, 5) is 31.2. The first-order valence-electron chi connectivity index (χ1n) is 6.20. The third kappa shape index (κ3) is 3.36. The van der Waals surface area contributed by atoms with Crippen molar-refractivity contribution in [2.24, 2.45) is 0 Å². The molecule has 6 heteroatoms. The zero-order valence-electron chi connectivity index (χ0n) is 10.9. The van der Waals surface area contributed by atoms with Crippen LogP contribution in [0.3, 0.4) is 0 Å². The van der Waals surface area contributed by atoms with E-state index in [0.717, 1.165) is 26.2 Å². The smallest absolute Gasteiger partial charge is 0.355 e. The van der Waals surface area contributed by atoms with Crippen LogP contribution in [0.5, 0.6) is 0 Å². The topological polar surface area (TPSA) is 73.7 Å². The number of hydrogen-bond acceptors (Lipinski definition) is 5. The number of aromatic nitrogens is 1. The highest BCUT2D eigenvalue weighted by atomic mass is 16.4. The molecule has 0 radical (unpaired) electrons.